The Balaban J connectivity index is 4.03. The van der Waals surface area contributed by atoms with Gasteiger partial charge in [-0.2, -0.15) is 0 Å². The first-order chi connectivity index (χ1) is 13.5. The average Bonchev–Trinajstić information content (AvgIpc) is 2.66. The smallest absolute Gasteiger partial charge is 0.407 e. The van der Waals surface area contributed by atoms with Gasteiger partial charge in [-0.3, -0.25) is 9.69 Å². The van der Waals surface area contributed by atoms with Crippen molar-refractivity contribution < 1.29 is 23.8 Å². The van der Waals surface area contributed by atoms with Gasteiger partial charge in [0, 0.05) is 26.2 Å². The van der Waals surface area contributed by atoms with E-state index < -0.39 is 6.09 Å². The lowest BCUT2D eigenvalue weighted by molar-refractivity contribution is -0.144. The van der Waals surface area contributed by atoms with E-state index >= 15 is 0 Å². The first-order valence-corrected chi connectivity index (χ1v) is 10.6. The lowest BCUT2D eigenvalue weighted by Gasteiger charge is -2.22. The second kappa shape index (κ2) is 19.0. The molecule has 0 atom stereocenters. The maximum absolute atomic E-state index is 11.7. The first kappa shape index (κ1) is 26.6. The third-order valence-electron chi connectivity index (χ3n) is 4.00. The Morgan fingerprint density at radius 1 is 0.964 bits per heavy atom. The minimum atomic E-state index is -0.403. The Bertz CT molecular complexity index is 394. The SMILES string of the molecule is CCCOC(=O)CCN(CCOC(=O)NCCCCCCN)CCOC(C)C. The zero-order valence-corrected chi connectivity index (χ0v) is 18.0. The lowest BCUT2D eigenvalue weighted by Crippen LogP contribution is -2.35. The summed E-state index contributed by atoms with van der Waals surface area (Å²) in [6, 6.07) is 0. The summed E-state index contributed by atoms with van der Waals surface area (Å²) in [4.78, 5) is 25.5. The van der Waals surface area contributed by atoms with Gasteiger partial charge in [-0.25, -0.2) is 4.79 Å². The van der Waals surface area contributed by atoms with Crippen LogP contribution in [-0.2, 0) is 19.0 Å². The van der Waals surface area contributed by atoms with Gasteiger partial charge in [0.1, 0.15) is 6.61 Å². The van der Waals surface area contributed by atoms with Gasteiger partial charge in [0.2, 0.25) is 0 Å². The molecule has 0 heterocycles. The van der Waals surface area contributed by atoms with Gasteiger partial charge in [-0.1, -0.05) is 19.8 Å². The van der Waals surface area contributed by atoms with Gasteiger partial charge in [0.15, 0.2) is 0 Å². The summed E-state index contributed by atoms with van der Waals surface area (Å²) in [5, 5.41) is 2.76. The number of esters is 1. The van der Waals surface area contributed by atoms with E-state index in [4.69, 9.17) is 19.9 Å². The predicted octanol–water partition coefficient (Wildman–Crippen LogP) is 2.30. The molecule has 0 bridgehead atoms. The van der Waals surface area contributed by atoms with Crippen LogP contribution in [-0.4, -0.2) is 75.6 Å². The molecule has 166 valence electrons. The molecule has 0 radical (unpaired) electrons. The fourth-order valence-electron chi connectivity index (χ4n) is 2.42. The normalized spacial score (nSPS) is 11.1. The molecule has 8 nitrogen and oxygen atoms in total. The highest BCUT2D eigenvalue weighted by Gasteiger charge is 2.11. The van der Waals surface area contributed by atoms with Crippen molar-refractivity contribution in [2.75, 3.05) is 52.5 Å². The summed E-state index contributed by atoms with van der Waals surface area (Å²) in [6.45, 7) is 10.3. The molecular weight excluding hydrogens is 362 g/mol. The fourth-order valence-corrected chi connectivity index (χ4v) is 2.42. The molecule has 0 spiro atoms. The Hall–Kier alpha value is -1.38. The van der Waals surface area contributed by atoms with Crippen molar-refractivity contribution in [3.8, 4) is 0 Å². The van der Waals surface area contributed by atoms with Crippen LogP contribution in [0.15, 0.2) is 0 Å². The number of amides is 1. The van der Waals surface area contributed by atoms with Crippen LogP contribution in [0.3, 0.4) is 0 Å². The van der Waals surface area contributed by atoms with Crippen molar-refractivity contribution in [3.05, 3.63) is 0 Å². The summed E-state index contributed by atoms with van der Waals surface area (Å²) in [5.41, 5.74) is 5.45. The molecule has 0 rings (SSSR count). The van der Waals surface area contributed by atoms with Crippen LogP contribution in [0.2, 0.25) is 0 Å². The molecule has 0 saturated carbocycles. The number of hydrogen-bond donors (Lipinski definition) is 2. The molecule has 0 aliphatic heterocycles. The Morgan fingerprint density at radius 3 is 2.36 bits per heavy atom. The number of carbonyl (C=O) groups excluding carboxylic acids is 2. The zero-order valence-electron chi connectivity index (χ0n) is 18.0. The van der Waals surface area contributed by atoms with Crippen LogP contribution in [0.5, 0.6) is 0 Å². The van der Waals surface area contributed by atoms with Gasteiger partial charge in [0.05, 0.1) is 25.7 Å². The van der Waals surface area contributed by atoms with E-state index in [1.54, 1.807) is 0 Å². The molecule has 0 aliphatic rings. The number of nitrogens with zero attached hydrogens (tertiary/aromatic N) is 1. The molecule has 3 N–H and O–H groups in total. The number of hydrogen-bond acceptors (Lipinski definition) is 7. The quantitative estimate of drug-likeness (QED) is 0.267. The van der Waals surface area contributed by atoms with Gasteiger partial charge in [-0.15, -0.1) is 0 Å². The summed E-state index contributed by atoms with van der Waals surface area (Å²) in [6.07, 6.45) is 4.96. The molecule has 1 amide bonds. The minimum absolute atomic E-state index is 0.156. The van der Waals surface area contributed by atoms with E-state index in [1.807, 2.05) is 20.8 Å². The number of rotatable bonds is 18. The summed E-state index contributed by atoms with van der Waals surface area (Å²) in [5.74, 6) is -0.204. The molecule has 28 heavy (non-hydrogen) atoms. The molecule has 0 aromatic rings. The average molecular weight is 404 g/mol. The maximum atomic E-state index is 11.7. The third kappa shape index (κ3) is 18.0. The molecule has 0 unspecified atom stereocenters. The van der Waals surface area contributed by atoms with Crippen LogP contribution in [0.25, 0.3) is 0 Å². The van der Waals surface area contributed by atoms with Crippen molar-refractivity contribution in [3.63, 3.8) is 0 Å². The lowest BCUT2D eigenvalue weighted by atomic mass is 10.2. The molecule has 0 saturated heterocycles. The second-order valence-corrected chi connectivity index (χ2v) is 7.00. The molecule has 0 aliphatic carbocycles. The number of nitrogens with two attached hydrogens (primary N) is 1. The van der Waals surface area contributed by atoms with E-state index in [-0.39, 0.29) is 18.7 Å². The Morgan fingerprint density at radius 2 is 1.68 bits per heavy atom. The second-order valence-electron chi connectivity index (χ2n) is 7.00. The number of nitrogens with one attached hydrogen (secondary N) is 1. The highest BCUT2D eigenvalue weighted by Crippen LogP contribution is 1.99. The highest BCUT2D eigenvalue weighted by atomic mass is 16.5. The number of carbonyl (C=O) groups is 2. The van der Waals surface area contributed by atoms with Gasteiger partial charge >= 0.3 is 12.1 Å². The summed E-state index contributed by atoms with van der Waals surface area (Å²) >= 11 is 0. The predicted molar refractivity (Wildman–Crippen MR) is 110 cm³/mol. The maximum Gasteiger partial charge on any atom is 0.407 e. The minimum Gasteiger partial charge on any atom is -0.466 e. The number of ether oxygens (including phenoxy) is 3. The van der Waals surface area contributed by atoms with Crippen LogP contribution in [0.1, 0.15) is 59.3 Å². The van der Waals surface area contributed by atoms with E-state index in [0.717, 1.165) is 32.1 Å². The molecule has 0 aromatic carbocycles. The first-order valence-electron chi connectivity index (χ1n) is 10.6. The van der Waals surface area contributed by atoms with Crippen molar-refractivity contribution in [1.29, 1.82) is 0 Å². The van der Waals surface area contributed by atoms with Crippen LogP contribution >= 0.6 is 0 Å². The Kier molecular flexibility index (Phi) is 18.0. The van der Waals surface area contributed by atoms with E-state index in [9.17, 15) is 9.59 Å². The van der Waals surface area contributed by atoms with Crippen molar-refractivity contribution in [2.24, 2.45) is 5.73 Å². The summed E-state index contributed by atoms with van der Waals surface area (Å²) < 4.78 is 15.9. The molecule has 8 heteroatoms. The third-order valence-corrected chi connectivity index (χ3v) is 4.00. The largest absolute Gasteiger partial charge is 0.466 e. The monoisotopic (exact) mass is 403 g/mol. The molecule has 0 fully saturated rings. The van der Waals surface area contributed by atoms with E-state index in [2.05, 4.69) is 10.2 Å². The van der Waals surface area contributed by atoms with Gasteiger partial charge < -0.3 is 25.3 Å². The van der Waals surface area contributed by atoms with Crippen LogP contribution in [0.4, 0.5) is 4.79 Å². The van der Waals surface area contributed by atoms with Crippen molar-refractivity contribution in [2.45, 2.75) is 65.4 Å². The van der Waals surface area contributed by atoms with Crippen molar-refractivity contribution >= 4 is 12.1 Å². The standard InChI is InChI=1S/C20H41N3O5/c1-4-15-27-19(24)9-12-23(13-16-26-18(2)3)14-17-28-20(25)22-11-8-6-5-7-10-21/h18H,4-17,21H2,1-3H3,(H,22,25). The van der Waals surface area contributed by atoms with Crippen LogP contribution < -0.4 is 11.1 Å². The Labute approximate surface area is 170 Å². The van der Waals surface area contributed by atoms with Gasteiger partial charge in [-0.05, 0) is 39.7 Å². The van der Waals surface area contributed by atoms with Crippen molar-refractivity contribution in [1.82, 2.24) is 10.2 Å². The summed E-state index contributed by atoms with van der Waals surface area (Å²) in [7, 11) is 0. The van der Waals surface area contributed by atoms with E-state index in [1.165, 1.54) is 0 Å². The van der Waals surface area contributed by atoms with Gasteiger partial charge in [0.25, 0.3) is 0 Å². The zero-order chi connectivity index (χ0) is 21.0. The topological polar surface area (TPSA) is 103 Å². The fraction of sp³-hybridized carbons (Fsp3) is 0.900. The highest BCUT2D eigenvalue weighted by molar-refractivity contribution is 5.69. The molecule has 0 aromatic heterocycles. The number of unbranched alkanes of at least 4 members (excludes halogenated alkanes) is 3. The van der Waals surface area contributed by atoms with E-state index in [0.29, 0.717) is 52.4 Å². The number of alkyl carbamates (subject to hydrolysis) is 1. The van der Waals surface area contributed by atoms with Crippen LogP contribution in [0, 0.1) is 0 Å². The molecular formula is C20H41N3O5.